The molecule has 0 aliphatic rings. The largest absolute Gasteiger partial charge is 0.443 e. The molecule has 3 aromatic rings. The maximum absolute atomic E-state index is 12.8. The number of aromatic nitrogens is 1. The van der Waals surface area contributed by atoms with Gasteiger partial charge in [-0.1, -0.05) is 29.8 Å². The molecule has 0 saturated heterocycles. The minimum atomic E-state index is -0.515. The topological polar surface area (TPSA) is 89.4 Å². The number of amides is 2. The number of anilines is 1. The molecule has 1 heterocycles. The quantitative estimate of drug-likeness (QED) is 0.793. The molecule has 0 fully saturated rings. The number of carbonyl (C=O) groups is 2. The summed E-state index contributed by atoms with van der Waals surface area (Å²) in [6.45, 7) is 1.99. The molecule has 0 bridgehead atoms. The highest BCUT2D eigenvalue weighted by Gasteiger charge is 2.22. The average molecular weight is 335 g/mol. The number of benzene rings is 2. The smallest absolute Gasteiger partial charge is 0.280 e. The summed E-state index contributed by atoms with van der Waals surface area (Å²) in [5.41, 5.74) is 8.35. The van der Waals surface area contributed by atoms with Crippen LogP contribution >= 0.6 is 0 Å². The van der Waals surface area contributed by atoms with Crippen LogP contribution < -0.4 is 10.6 Å². The van der Waals surface area contributed by atoms with Gasteiger partial charge in [0.25, 0.3) is 5.91 Å². The Balaban J connectivity index is 1.89. The van der Waals surface area contributed by atoms with E-state index >= 15 is 0 Å². The molecular formula is C19H17N3O3. The first-order valence-corrected chi connectivity index (χ1v) is 7.66. The van der Waals surface area contributed by atoms with E-state index in [1.807, 2.05) is 31.2 Å². The van der Waals surface area contributed by atoms with Crippen LogP contribution in [0.1, 0.15) is 26.4 Å². The van der Waals surface area contributed by atoms with E-state index in [0.717, 1.165) is 11.1 Å². The van der Waals surface area contributed by atoms with Crippen LogP contribution in [-0.4, -0.2) is 23.8 Å². The molecule has 25 heavy (non-hydrogen) atoms. The van der Waals surface area contributed by atoms with E-state index in [-0.39, 0.29) is 11.6 Å². The summed E-state index contributed by atoms with van der Waals surface area (Å²) in [6, 6.07) is 14.1. The Morgan fingerprint density at radius 1 is 1.04 bits per heavy atom. The maximum Gasteiger partial charge on any atom is 0.280 e. The van der Waals surface area contributed by atoms with Crippen molar-refractivity contribution >= 4 is 17.5 Å². The van der Waals surface area contributed by atoms with Crippen molar-refractivity contribution < 1.29 is 14.0 Å². The average Bonchev–Trinajstić information content (AvgIpc) is 3.11. The molecule has 3 rings (SSSR count). The van der Waals surface area contributed by atoms with Gasteiger partial charge >= 0.3 is 0 Å². The second-order valence-corrected chi connectivity index (χ2v) is 5.67. The SMILES string of the molecule is Cc1ccc(-c2ocnc2C(=O)N(C)c2ccc(C(N)=O)cc2)cc1. The number of aryl methyl sites for hydroxylation is 1. The van der Waals surface area contributed by atoms with Crippen LogP contribution in [0.3, 0.4) is 0 Å². The number of oxazole rings is 1. The summed E-state index contributed by atoms with van der Waals surface area (Å²) in [4.78, 5) is 29.5. The fourth-order valence-corrected chi connectivity index (χ4v) is 2.43. The van der Waals surface area contributed by atoms with Crippen LogP contribution in [0.25, 0.3) is 11.3 Å². The van der Waals surface area contributed by atoms with E-state index < -0.39 is 5.91 Å². The van der Waals surface area contributed by atoms with Crippen LogP contribution in [0.15, 0.2) is 59.3 Å². The zero-order valence-corrected chi connectivity index (χ0v) is 13.9. The van der Waals surface area contributed by atoms with Gasteiger partial charge in [0.05, 0.1) is 0 Å². The van der Waals surface area contributed by atoms with Crippen molar-refractivity contribution in [1.82, 2.24) is 4.98 Å². The normalized spacial score (nSPS) is 10.5. The van der Waals surface area contributed by atoms with Crippen LogP contribution in [0.2, 0.25) is 0 Å². The summed E-state index contributed by atoms with van der Waals surface area (Å²) in [7, 11) is 1.63. The highest BCUT2D eigenvalue weighted by molar-refractivity contribution is 6.07. The molecule has 2 aromatic carbocycles. The summed E-state index contributed by atoms with van der Waals surface area (Å²) in [6.07, 6.45) is 1.26. The van der Waals surface area contributed by atoms with Gasteiger partial charge in [0.1, 0.15) is 0 Å². The first-order chi connectivity index (χ1) is 12.0. The summed E-state index contributed by atoms with van der Waals surface area (Å²) < 4.78 is 5.43. The Bertz CT molecular complexity index is 912. The molecule has 2 N–H and O–H groups in total. The molecule has 0 unspecified atom stereocenters. The Hall–Kier alpha value is -3.41. The number of primary amides is 1. The number of hydrogen-bond acceptors (Lipinski definition) is 4. The molecule has 1 aromatic heterocycles. The molecule has 0 saturated carbocycles. The third-order valence-electron chi connectivity index (χ3n) is 3.93. The number of carbonyl (C=O) groups excluding carboxylic acids is 2. The Morgan fingerprint density at radius 3 is 2.28 bits per heavy atom. The lowest BCUT2D eigenvalue weighted by Gasteiger charge is -2.16. The molecule has 0 spiro atoms. The molecular weight excluding hydrogens is 318 g/mol. The van der Waals surface area contributed by atoms with E-state index in [0.29, 0.717) is 17.0 Å². The number of hydrogen-bond donors (Lipinski definition) is 1. The Morgan fingerprint density at radius 2 is 1.68 bits per heavy atom. The second kappa shape index (κ2) is 6.60. The van der Waals surface area contributed by atoms with Crippen molar-refractivity contribution in [3.63, 3.8) is 0 Å². The van der Waals surface area contributed by atoms with Crippen LogP contribution in [0.4, 0.5) is 5.69 Å². The molecule has 0 radical (unpaired) electrons. The van der Waals surface area contributed by atoms with Crippen LogP contribution in [-0.2, 0) is 0 Å². The molecule has 126 valence electrons. The van der Waals surface area contributed by atoms with E-state index in [1.54, 1.807) is 31.3 Å². The van der Waals surface area contributed by atoms with E-state index in [4.69, 9.17) is 10.2 Å². The highest BCUT2D eigenvalue weighted by atomic mass is 16.3. The number of nitrogens with zero attached hydrogens (tertiary/aromatic N) is 2. The lowest BCUT2D eigenvalue weighted by Crippen LogP contribution is -2.27. The second-order valence-electron chi connectivity index (χ2n) is 5.67. The predicted molar refractivity (Wildman–Crippen MR) is 94.4 cm³/mol. The zero-order chi connectivity index (χ0) is 18.0. The van der Waals surface area contributed by atoms with Gasteiger partial charge < -0.3 is 15.1 Å². The summed E-state index contributed by atoms with van der Waals surface area (Å²) in [5.74, 6) is -0.402. The molecule has 0 atom stereocenters. The van der Waals surface area contributed by atoms with Crippen LogP contribution in [0.5, 0.6) is 0 Å². The zero-order valence-electron chi connectivity index (χ0n) is 13.9. The first-order valence-electron chi connectivity index (χ1n) is 7.66. The first kappa shape index (κ1) is 16.4. The lowest BCUT2D eigenvalue weighted by molar-refractivity contribution is 0.0986. The minimum absolute atomic E-state index is 0.227. The molecule has 2 amide bonds. The summed E-state index contributed by atoms with van der Waals surface area (Å²) >= 11 is 0. The van der Waals surface area contributed by atoms with Gasteiger partial charge in [-0.15, -0.1) is 0 Å². The predicted octanol–water partition coefficient (Wildman–Crippen LogP) is 3.03. The fourth-order valence-electron chi connectivity index (χ4n) is 2.43. The van der Waals surface area contributed by atoms with Crippen molar-refractivity contribution in [2.45, 2.75) is 6.92 Å². The van der Waals surface area contributed by atoms with Gasteiger partial charge in [0.2, 0.25) is 5.91 Å². The molecule has 0 aliphatic carbocycles. The van der Waals surface area contributed by atoms with Gasteiger partial charge in [-0.05, 0) is 31.2 Å². The van der Waals surface area contributed by atoms with Crippen molar-refractivity contribution in [2.75, 3.05) is 11.9 Å². The van der Waals surface area contributed by atoms with E-state index in [1.165, 1.54) is 11.3 Å². The third-order valence-corrected chi connectivity index (χ3v) is 3.93. The maximum atomic E-state index is 12.8. The van der Waals surface area contributed by atoms with Crippen molar-refractivity contribution in [2.24, 2.45) is 5.73 Å². The van der Waals surface area contributed by atoms with Gasteiger partial charge in [0, 0.05) is 23.9 Å². The van der Waals surface area contributed by atoms with Gasteiger partial charge in [0.15, 0.2) is 17.8 Å². The number of rotatable bonds is 4. The van der Waals surface area contributed by atoms with Gasteiger partial charge in [-0.25, -0.2) is 4.98 Å². The monoisotopic (exact) mass is 335 g/mol. The van der Waals surface area contributed by atoms with E-state index in [9.17, 15) is 9.59 Å². The summed E-state index contributed by atoms with van der Waals surface area (Å²) in [5, 5.41) is 0. The third kappa shape index (κ3) is 3.28. The minimum Gasteiger partial charge on any atom is -0.443 e. The van der Waals surface area contributed by atoms with Gasteiger partial charge in [-0.3, -0.25) is 9.59 Å². The van der Waals surface area contributed by atoms with Crippen molar-refractivity contribution in [3.8, 4) is 11.3 Å². The fraction of sp³-hybridized carbons (Fsp3) is 0.105. The van der Waals surface area contributed by atoms with E-state index in [2.05, 4.69) is 4.98 Å². The Labute approximate surface area is 144 Å². The van der Waals surface area contributed by atoms with Crippen molar-refractivity contribution in [3.05, 3.63) is 71.7 Å². The standard InChI is InChI=1S/C19H17N3O3/c1-12-3-5-13(6-4-12)17-16(21-11-25-17)19(24)22(2)15-9-7-14(8-10-15)18(20)23/h3-11H,1-2H3,(H2,20,23). The highest BCUT2D eigenvalue weighted by Crippen LogP contribution is 2.26. The molecule has 6 heteroatoms. The van der Waals surface area contributed by atoms with Crippen molar-refractivity contribution in [1.29, 1.82) is 0 Å². The van der Waals surface area contributed by atoms with Crippen LogP contribution in [0, 0.1) is 6.92 Å². The lowest BCUT2D eigenvalue weighted by atomic mass is 10.1. The molecule has 6 nitrogen and oxygen atoms in total. The molecule has 0 aliphatic heterocycles. The number of nitrogens with two attached hydrogens (primary N) is 1. The van der Waals surface area contributed by atoms with Gasteiger partial charge in [-0.2, -0.15) is 0 Å². The Kier molecular flexibility index (Phi) is 4.35.